The lowest BCUT2D eigenvalue weighted by Crippen LogP contribution is -1.90. The van der Waals surface area contributed by atoms with Crippen molar-refractivity contribution in [3.8, 4) is 16.9 Å². The number of aromatic hydroxyl groups is 1. The standard InChI is InChI=1S/C13H9NO4/c15-8-9-2-1-3-10(6-9)11-4-5-13(16)12(7-11)14(17)18/h1-8,16H. The van der Waals surface area contributed by atoms with E-state index >= 15 is 0 Å². The van der Waals surface area contributed by atoms with Gasteiger partial charge in [-0.2, -0.15) is 0 Å². The molecule has 2 aromatic rings. The Labute approximate surface area is 102 Å². The molecule has 2 rings (SSSR count). The Morgan fingerprint density at radius 1 is 1.11 bits per heavy atom. The topological polar surface area (TPSA) is 80.4 Å². The predicted octanol–water partition coefficient (Wildman–Crippen LogP) is 2.78. The molecule has 0 saturated heterocycles. The van der Waals surface area contributed by atoms with E-state index in [1.54, 1.807) is 30.3 Å². The number of nitrogens with zero attached hydrogens (tertiary/aromatic N) is 1. The van der Waals surface area contributed by atoms with E-state index in [0.717, 1.165) is 0 Å². The van der Waals surface area contributed by atoms with Gasteiger partial charge in [-0.1, -0.05) is 24.3 Å². The molecule has 1 N–H and O–H groups in total. The van der Waals surface area contributed by atoms with Crippen LogP contribution in [-0.4, -0.2) is 16.3 Å². The quantitative estimate of drug-likeness (QED) is 0.510. The van der Waals surface area contributed by atoms with Crippen molar-refractivity contribution >= 4 is 12.0 Å². The Morgan fingerprint density at radius 2 is 1.83 bits per heavy atom. The summed E-state index contributed by atoms with van der Waals surface area (Å²) in [5.41, 5.74) is 1.39. The third-order valence-electron chi connectivity index (χ3n) is 2.53. The van der Waals surface area contributed by atoms with E-state index in [1.807, 2.05) is 0 Å². The molecule has 0 saturated carbocycles. The number of hydrogen-bond acceptors (Lipinski definition) is 4. The van der Waals surface area contributed by atoms with E-state index < -0.39 is 4.92 Å². The Bertz CT molecular complexity index is 622. The van der Waals surface area contributed by atoms with Gasteiger partial charge in [-0.15, -0.1) is 0 Å². The number of aldehydes is 1. The summed E-state index contributed by atoms with van der Waals surface area (Å²) >= 11 is 0. The van der Waals surface area contributed by atoms with Gasteiger partial charge in [-0.3, -0.25) is 14.9 Å². The second-order valence-electron chi connectivity index (χ2n) is 3.70. The highest BCUT2D eigenvalue weighted by atomic mass is 16.6. The van der Waals surface area contributed by atoms with Crippen LogP contribution in [0.5, 0.6) is 5.75 Å². The first kappa shape index (κ1) is 11.8. The van der Waals surface area contributed by atoms with E-state index in [1.165, 1.54) is 12.1 Å². The number of rotatable bonds is 3. The largest absolute Gasteiger partial charge is 0.502 e. The average Bonchev–Trinajstić information content (AvgIpc) is 2.39. The highest BCUT2D eigenvalue weighted by Crippen LogP contribution is 2.31. The van der Waals surface area contributed by atoms with Gasteiger partial charge in [-0.05, 0) is 23.3 Å². The molecule has 0 unspecified atom stereocenters. The summed E-state index contributed by atoms with van der Waals surface area (Å²) in [5, 5.41) is 20.1. The van der Waals surface area contributed by atoms with Gasteiger partial charge in [0.05, 0.1) is 4.92 Å². The van der Waals surface area contributed by atoms with Crippen LogP contribution in [-0.2, 0) is 0 Å². The van der Waals surface area contributed by atoms with Crippen molar-refractivity contribution < 1.29 is 14.8 Å². The molecule has 5 heteroatoms. The van der Waals surface area contributed by atoms with Gasteiger partial charge >= 0.3 is 5.69 Å². The van der Waals surface area contributed by atoms with Crippen molar-refractivity contribution in [3.63, 3.8) is 0 Å². The third-order valence-corrected chi connectivity index (χ3v) is 2.53. The van der Waals surface area contributed by atoms with E-state index in [0.29, 0.717) is 23.0 Å². The number of carbonyl (C=O) groups is 1. The number of carbonyl (C=O) groups excluding carboxylic acids is 1. The van der Waals surface area contributed by atoms with Crippen LogP contribution in [0.1, 0.15) is 10.4 Å². The maximum Gasteiger partial charge on any atom is 0.311 e. The molecule has 0 spiro atoms. The molecule has 0 aliphatic heterocycles. The number of phenolic OH excluding ortho intramolecular Hbond substituents is 1. The molecular formula is C13H9NO4. The number of hydrogen-bond donors (Lipinski definition) is 1. The predicted molar refractivity (Wildman–Crippen MR) is 65.6 cm³/mol. The Hall–Kier alpha value is -2.69. The fourth-order valence-corrected chi connectivity index (χ4v) is 1.64. The fourth-order valence-electron chi connectivity index (χ4n) is 1.64. The summed E-state index contributed by atoms with van der Waals surface area (Å²) in [5.74, 6) is -0.379. The van der Waals surface area contributed by atoms with Crippen molar-refractivity contribution in [3.05, 3.63) is 58.1 Å². The van der Waals surface area contributed by atoms with Crippen LogP contribution < -0.4 is 0 Å². The summed E-state index contributed by atoms with van der Waals surface area (Å²) in [6.45, 7) is 0. The van der Waals surface area contributed by atoms with E-state index in [2.05, 4.69) is 0 Å². The van der Waals surface area contributed by atoms with Gasteiger partial charge in [0.15, 0.2) is 5.75 Å². The summed E-state index contributed by atoms with van der Waals surface area (Å²) in [6, 6.07) is 10.8. The molecule has 0 atom stereocenters. The molecule has 0 bridgehead atoms. The molecule has 90 valence electrons. The normalized spacial score (nSPS) is 10.0. The molecule has 0 fully saturated rings. The van der Waals surface area contributed by atoms with Crippen LogP contribution in [0.4, 0.5) is 5.69 Å². The third kappa shape index (κ3) is 2.20. The Morgan fingerprint density at radius 3 is 2.50 bits per heavy atom. The van der Waals surface area contributed by atoms with Gasteiger partial charge < -0.3 is 5.11 Å². The van der Waals surface area contributed by atoms with Gasteiger partial charge in [0.25, 0.3) is 0 Å². The smallest absolute Gasteiger partial charge is 0.311 e. The Kier molecular flexibility index (Phi) is 3.05. The fraction of sp³-hybridized carbons (Fsp3) is 0. The Balaban J connectivity index is 2.53. The first-order valence-corrected chi connectivity index (χ1v) is 5.15. The first-order valence-electron chi connectivity index (χ1n) is 5.15. The zero-order valence-electron chi connectivity index (χ0n) is 9.24. The molecule has 18 heavy (non-hydrogen) atoms. The number of phenols is 1. The summed E-state index contributed by atoms with van der Waals surface area (Å²) in [7, 11) is 0. The minimum atomic E-state index is -0.650. The molecule has 0 heterocycles. The van der Waals surface area contributed by atoms with Crippen molar-refractivity contribution in [1.82, 2.24) is 0 Å². The maximum absolute atomic E-state index is 10.7. The lowest BCUT2D eigenvalue weighted by Gasteiger charge is -2.03. The summed E-state index contributed by atoms with van der Waals surface area (Å²) in [4.78, 5) is 20.7. The van der Waals surface area contributed by atoms with Crippen LogP contribution in [0.2, 0.25) is 0 Å². The van der Waals surface area contributed by atoms with Crippen LogP contribution >= 0.6 is 0 Å². The molecule has 0 amide bonds. The molecule has 0 aliphatic rings. The summed E-state index contributed by atoms with van der Waals surface area (Å²) < 4.78 is 0. The van der Waals surface area contributed by atoms with E-state index in [-0.39, 0.29) is 11.4 Å². The van der Waals surface area contributed by atoms with Crippen molar-refractivity contribution in [2.45, 2.75) is 0 Å². The lowest BCUT2D eigenvalue weighted by atomic mass is 10.0. The van der Waals surface area contributed by atoms with E-state index in [4.69, 9.17) is 0 Å². The number of nitro benzene ring substituents is 1. The SMILES string of the molecule is O=Cc1cccc(-c2ccc(O)c([N+](=O)[O-])c2)c1. The van der Waals surface area contributed by atoms with Crippen LogP contribution in [0.3, 0.4) is 0 Å². The van der Waals surface area contributed by atoms with Crippen molar-refractivity contribution in [2.24, 2.45) is 0 Å². The molecule has 0 radical (unpaired) electrons. The highest BCUT2D eigenvalue weighted by molar-refractivity contribution is 5.79. The molecule has 2 aromatic carbocycles. The van der Waals surface area contributed by atoms with E-state index in [9.17, 15) is 20.0 Å². The molecule has 0 aliphatic carbocycles. The average molecular weight is 243 g/mol. The second-order valence-corrected chi connectivity index (χ2v) is 3.70. The highest BCUT2D eigenvalue weighted by Gasteiger charge is 2.14. The molecular weight excluding hydrogens is 234 g/mol. The van der Waals surface area contributed by atoms with Crippen LogP contribution in [0, 0.1) is 10.1 Å². The minimum absolute atomic E-state index is 0.357. The summed E-state index contributed by atoms with van der Waals surface area (Å²) in [6.07, 6.45) is 0.707. The molecule has 5 nitrogen and oxygen atoms in total. The van der Waals surface area contributed by atoms with Gasteiger partial charge in [0, 0.05) is 11.6 Å². The van der Waals surface area contributed by atoms with Gasteiger partial charge in [-0.25, -0.2) is 0 Å². The van der Waals surface area contributed by atoms with Crippen molar-refractivity contribution in [2.75, 3.05) is 0 Å². The molecule has 0 aromatic heterocycles. The second kappa shape index (κ2) is 4.67. The zero-order chi connectivity index (χ0) is 13.1. The van der Waals surface area contributed by atoms with Gasteiger partial charge in [0.1, 0.15) is 6.29 Å². The van der Waals surface area contributed by atoms with Crippen LogP contribution in [0.25, 0.3) is 11.1 Å². The maximum atomic E-state index is 10.7. The minimum Gasteiger partial charge on any atom is -0.502 e. The lowest BCUT2D eigenvalue weighted by molar-refractivity contribution is -0.385. The van der Waals surface area contributed by atoms with Crippen LogP contribution in [0.15, 0.2) is 42.5 Å². The first-order chi connectivity index (χ1) is 8.61. The van der Waals surface area contributed by atoms with Crippen molar-refractivity contribution in [1.29, 1.82) is 0 Å². The number of benzene rings is 2. The monoisotopic (exact) mass is 243 g/mol. The van der Waals surface area contributed by atoms with Gasteiger partial charge in [0.2, 0.25) is 0 Å². The zero-order valence-corrected chi connectivity index (χ0v) is 9.24. The number of nitro groups is 1.